The SMILES string of the molecule is c1ccc2c(c1)-c1cccc3c1C2[n+]1c-3c2ccccc2c2c3cccc4c5ccccc5n(c43)c21. The molecule has 0 amide bonds. The van der Waals surface area contributed by atoms with Crippen LogP contribution in [-0.2, 0) is 0 Å². The first-order valence-corrected chi connectivity index (χ1v) is 12.7. The molecule has 1 aliphatic carbocycles. The van der Waals surface area contributed by atoms with Gasteiger partial charge in [-0.25, -0.2) is 4.57 Å². The molecule has 10 rings (SSSR count). The lowest BCUT2D eigenvalue weighted by Gasteiger charge is -2.13. The Kier molecular flexibility index (Phi) is 2.83. The van der Waals surface area contributed by atoms with Crippen LogP contribution in [0.15, 0.2) is 109 Å². The highest BCUT2D eigenvalue weighted by atomic mass is 15.1. The summed E-state index contributed by atoms with van der Waals surface area (Å²) in [5.74, 6) is 0. The molecule has 0 spiro atoms. The van der Waals surface area contributed by atoms with Crippen molar-refractivity contribution in [3.63, 3.8) is 0 Å². The summed E-state index contributed by atoms with van der Waals surface area (Å²) in [5.41, 5.74) is 12.3. The number of rotatable bonds is 0. The summed E-state index contributed by atoms with van der Waals surface area (Å²) in [7, 11) is 0. The molecule has 164 valence electrons. The van der Waals surface area contributed by atoms with E-state index in [1.54, 1.807) is 0 Å². The second-order valence-electron chi connectivity index (χ2n) is 10.3. The summed E-state index contributed by atoms with van der Waals surface area (Å²) >= 11 is 0. The van der Waals surface area contributed by atoms with Crippen LogP contribution in [0.4, 0.5) is 0 Å². The van der Waals surface area contributed by atoms with Crippen LogP contribution < -0.4 is 4.57 Å². The van der Waals surface area contributed by atoms with Gasteiger partial charge in [0.2, 0.25) is 0 Å². The highest BCUT2D eigenvalue weighted by Gasteiger charge is 2.45. The van der Waals surface area contributed by atoms with Crippen LogP contribution in [0.3, 0.4) is 0 Å². The van der Waals surface area contributed by atoms with Crippen molar-refractivity contribution in [2.24, 2.45) is 0 Å². The Morgan fingerprint density at radius 1 is 0.528 bits per heavy atom. The first kappa shape index (κ1) is 17.7. The Bertz CT molecular complexity index is 2260. The fourth-order valence-corrected chi connectivity index (χ4v) is 7.54. The zero-order valence-corrected chi connectivity index (χ0v) is 19.4. The first-order valence-electron chi connectivity index (χ1n) is 12.7. The second kappa shape index (κ2) is 5.75. The standard InChI is InChI=1S/C34H19N2/c1-3-12-23-19(9-1)21-14-7-16-26-29(21)33(23)36-32(26)25-13-4-2-11-22(25)30-27-17-8-15-24-20-10-5-6-18-28(20)35(31(24)27)34(30)36/h1-18,33H/q+1. The van der Waals surface area contributed by atoms with Gasteiger partial charge < -0.3 is 0 Å². The minimum Gasteiger partial charge on any atom is -0.214 e. The number of fused-ring (bicyclic) bond motifs is 16. The smallest absolute Gasteiger partial charge is 0.214 e. The van der Waals surface area contributed by atoms with E-state index in [9.17, 15) is 0 Å². The van der Waals surface area contributed by atoms with Crippen molar-refractivity contribution in [1.29, 1.82) is 0 Å². The van der Waals surface area contributed by atoms with Gasteiger partial charge in [0, 0.05) is 43.6 Å². The number of pyridine rings is 1. The molecule has 0 radical (unpaired) electrons. The van der Waals surface area contributed by atoms with E-state index >= 15 is 0 Å². The van der Waals surface area contributed by atoms with Gasteiger partial charge in [-0.15, -0.1) is 0 Å². The molecular weight excluding hydrogens is 436 g/mol. The van der Waals surface area contributed by atoms with Crippen molar-refractivity contribution in [3.8, 4) is 22.4 Å². The number of benzene rings is 5. The van der Waals surface area contributed by atoms with Crippen LogP contribution in [-0.4, -0.2) is 4.40 Å². The molecule has 2 nitrogen and oxygen atoms in total. The molecule has 1 atom stereocenters. The van der Waals surface area contributed by atoms with E-state index in [1.807, 2.05) is 0 Å². The molecule has 1 aliphatic heterocycles. The van der Waals surface area contributed by atoms with Gasteiger partial charge in [0.15, 0.2) is 6.04 Å². The van der Waals surface area contributed by atoms with Crippen LogP contribution in [0.5, 0.6) is 0 Å². The second-order valence-corrected chi connectivity index (χ2v) is 10.3. The Morgan fingerprint density at radius 3 is 2.14 bits per heavy atom. The summed E-state index contributed by atoms with van der Waals surface area (Å²) in [6.07, 6.45) is 0. The Balaban J connectivity index is 1.57. The predicted molar refractivity (Wildman–Crippen MR) is 147 cm³/mol. The maximum atomic E-state index is 2.67. The lowest BCUT2D eigenvalue weighted by Crippen LogP contribution is -2.39. The molecule has 1 unspecified atom stereocenters. The van der Waals surface area contributed by atoms with Crippen molar-refractivity contribution < 1.29 is 4.57 Å². The molecule has 0 saturated carbocycles. The number of hydrogen-bond acceptors (Lipinski definition) is 0. The Hall–Kier alpha value is -4.69. The molecule has 8 aromatic rings. The largest absolute Gasteiger partial charge is 0.297 e. The van der Waals surface area contributed by atoms with E-state index in [0.717, 1.165) is 0 Å². The van der Waals surface area contributed by atoms with Gasteiger partial charge in [-0.3, -0.25) is 0 Å². The number of para-hydroxylation sites is 2. The summed E-state index contributed by atoms with van der Waals surface area (Å²) in [4.78, 5) is 0. The van der Waals surface area contributed by atoms with Crippen molar-refractivity contribution >= 4 is 49.0 Å². The molecule has 36 heavy (non-hydrogen) atoms. The Labute approximate surface area is 206 Å². The van der Waals surface area contributed by atoms with Gasteiger partial charge in [-0.05, 0) is 35.4 Å². The van der Waals surface area contributed by atoms with Gasteiger partial charge in [0.05, 0.1) is 5.39 Å². The van der Waals surface area contributed by atoms with Crippen LogP contribution in [0, 0.1) is 0 Å². The van der Waals surface area contributed by atoms with Gasteiger partial charge in [-0.2, -0.15) is 4.40 Å². The number of nitrogens with zero attached hydrogens (tertiary/aromatic N) is 2. The summed E-state index contributed by atoms with van der Waals surface area (Å²) in [6.45, 7) is 0. The van der Waals surface area contributed by atoms with Crippen molar-refractivity contribution in [3.05, 3.63) is 120 Å². The molecular formula is C34H19N2+. The predicted octanol–water partition coefficient (Wildman–Crippen LogP) is 7.88. The fourth-order valence-electron chi connectivity index (χ4n) is 7.54. The molecule has 3 aromatic heterocycles. The van der Waals surface area contributed by atoms with Gasteiger partial charge in [-0.1, -0.05) is 84.9 Å². The van der Waals surface area contributed by atoms with Gasteiger partial charge in [0.1, 0.15) is 16.7 Å². The average molecular weight is 456 g/mol. The molecule has 0 fully saturated rings. The highest BCUT2D eigenvalue weighted by Crippen LogP contribution is 2.54. The van der Waals surface area contributed by atoms with Gasteiger partial charge in [0.25, 0.3) is 5.65 Å². The van der Waals surface area contributed by atoms with E-state index in [0.29, 0.717) is 0 Å². The maximum absolute atomic E-state index is 2.67. The molecule has 2 heteroatoms. The topological polar surface area (TPSA) is 8.29 Å². The molecule has 5 aromatic carbocycles. The van der Waals surface area contributed by atoms with Crippen molar-refractivity contribution in [2.45, 2.75) is 6.04 Å². The number of aromatic nitrogens is 2. The lowest BCUT2D eigenvalue weighted by molar-refractivity contribution is -0.663. The van der Waals surface area contributed by atoms with E-state index in [-0.39, 0.29) is 6.04 Å². The fraction of sp³-hybridized carbons (Fsp3) is 0.0294. The quantitative estimate of drug-likeness (QED) is 0.206. The zero-order chi connectivity index (χ0) is 23.1. The van der Waals surface area contributed by atoms with Crippen molar-refractivity contribution in [2.75, 3.05) is 0 Å². The van der Waals surface area contributed by atoms with Crippen LogP contribution in [0.1, 0.15) is 17.2 Å². The maximum Gasteiger partial charge on any atom is 0.297 e. The monoisotopic (exact) mass is 455 g/mol. The molecule has 4 heterocycles. The van der Waals surface area contributed by atoms with Crippen LogP contribution in [0.2, 0.25) is 0 Å². The third-order valence-corrected chi connectivity index (χ3v) is 8.76. The zero-order valence-electron chi connectivity index (χ0n) is 19.4. The van der Waals surface area contributed by atoms with E-state index in [1.165, 1.54) is 82.5 Å². The third-order valence-electron chi connectivity index (χ3n) is 8.76. The highest BCUT2D eigenvalue weighted by molar-refractivity contribution is 6.28. The third kappa shape index (κ3) is 1.74. The normalized spacial score (nSPS) is 15.5. The molecule has 0 N–H and O–H groups in total. The minimum absolute atomic E-state index is 0.186. The van der Waals surface area contributed by atoms with E-state index in [2.05, 4.69) is 118 Å². The summed E-state index contributed by atoms with van der Waals surface area (Å²) in [5, 5.41) is 8.03. The van der Waals surface area contributed by atoms with Crippen molar-refractivity contribution in [1.82, 2.24) is 4.40 Å². The molecule has 2 aliphatic rings. The number of hydrogen-bond donors (Lipinski definition) is 0. The van der Waals surface area contributed by atoms with Crippen LogP contribution >= 0.6 is 0 Å². The minimum atomic E-state index is 0.186. The van der Waals surface area contributed by atoms with E-state index in [4.69, 9.17) is 0 Å². The van der Waals surface area contributed by atoms with Crippen LogP contribution in [0.25, 0.3) is 71.4 Å². The first-order chi connectivity index (χ1) is 17.9. The summed E-state index contributed by atoms with van der Waals surface area (Å²) in [6, 6.07) is 40.8. The Morgan fingerprint density at radius 2 is 1.19 bits per heavy atom. The molecule has 0 saturated heterocycles. The van der Waals surface area contributed by atoms with E-state index < -0.39 is 0 Å². The average Bonchev–Trinajstić information content (AvgIpc) is 3.66. The van der Waals surface area contributed by atoms with Gasteiger partial charge >= 0.3 is 0 Å². The lowest BCUT2D eigenvalue weighted by atomic mass is 9.97. The molecule has 0 bridgehead atoms. The summed E-state index contributed by atoms with van der Waals surface area (Å²) < 4.78 is 5.22.